The maximum Gasteiger partial charge on any atom is 0.174 e. The molecule has 2 bridgehead atoms. The number of aliphatic hydroxyl groups is 1. The average Bonchev–Trinajstić information content (AvgIpc) is 2.85. The number of rotatable bonds is 1. The molecule has 2 aliphatic heterocycles. The summed E-state index contributed by atoms with van der Waals surface area (Å²) in [7, 11) is 0. The van der Waals surface area contributed by atoms with Crippen molar-refractivity contribution < 1.29 is 19.4 Å². The Bertz CT molecular complexity index is 730. The number of hydrogen-bond donors (Lipinski definition) is 2. The molecule has 2 N–H and O–H groups in total. The Morgan fingerprint density at radius 3 is 3.05 bits per heavy atom. The first-order chi connectivity index (χ1) is 10.6. The summed E-state index contributed by atoms with van der Waals surface area (Å²) in [6.07, 6.45) is 2.31. The summed E-state index contributed by atoms with van der Waals surface area (Å²) in [5.41, 5.74) is 0.855. The quantitative estimate of drug-likeness (QED) is 0.739. The number of nitrogens with one attached hydrogen (secondary N) is 1. The third kappa shape index (κ3) is 1.14. The molecule has 22 heavy (non-hydrogen) atoms. The Labute approximate surface area is 127 Å². The molecule has 1 spiro atoms. The van der Waals surface area contributed by atoms with Crippen LogP contribution >= 0.6 is 0 Å². The smallest absolute Gasteiger partial charge is 0.174 e. The number of ether oxygens (including phenoxy) is 1. The third-order valence-corrected chi connectivity index (χ3v) is 6.26. The SMILES string of the molecule is O=Cc1ccc2c3c1O[C@H]1C(=O)CC[C@@]4(O)[C@@H](C2)NCC[C@]314. The van der Waals surface area contributed by atoms with Crippen molar-refractivity contribution in [3.63, 3.8) is 0 Å². The standard InChI is InChI=1S/C17H17NO4/c19-8-10-2-1-9-7-12-17(21)4-3-11(20)15-16(17,5-6-18-12)13(9)14(10)22-15/h1-2,8,12,15,18,21H,3-7H2/t12-,15+,16+,17-/m1/s1. The third-order valence-electron chi connectivity index (χ3n) is 6.26. The molecule has 0 unspecified atom stereocenters. The maximum absolute atomic E-state index is 12.5. The van der Waals surface area contributed by atoms with E-state index in [0.29, 0.717) is 37.0 Å². The molecular formula is C17H17NO4. The van der Waals surface area contributed by atoms with Gasteiger partial charge in [-0.1, -0.05) is 6.07 Å². The summed E-state index contributed by atoms with van der Waals surface area (Å²) in [5, 5.41) is 14.9. The number of aldehydes is 1. The van der Waals surface area contributed by atoms with E-state index in [2.05, 4.69) is 5.32 Å². The van der Waals surface area contributed by atoms with Crippen molar-refractivity contribution in [2.75, 3.05) is 6.54 Å². The molecule has 5 heteroatoms. The zero-order valence-electron chi connectivity index (χ0n) is 12.1. The molecule has 2 fully saturated rings. The Kier molecular flexibility index (Phi) is 2.20. The lowest BCUT2D eigenvalue weighted by Gasteiger charge is -2.59. The molecule has 1 aromatic carbocycles. The van der Waals surface area contributed by atoms with Gasteiger partial charge in [-0.2, -0.15) is 0 Å². The van der Waals surface area contributed by atoms with Gasteiger partial charge >= 0.3 is 0 Å². The Balaban J connectivity index is 1.89. The van der Waals surface area contributed by atoms with Crippen LogP contribution in [0, 0.1) is 0 Å². The maximum atomic E-state index is 12.5. The fourth-order valence-corrected chi connectivity index (χ4v) is 5.35. The van der Waals surface area contributed by atoms with E-state index in [1.165, 1.54) is 0 Å². The first-order valence-corrected chi connectivity index (χ1v) is 7.88. The highest BCUT2D eigenvalue weighted by Gasteiger charge is 2.71. The lowest BCUT2D eigenvalue weighted by Crippen LogP contribution is -2.76. The molecule has 4 atom stereocenters. The van der Waals surface area contributed by atoms with Crippen molar-refractivity contribution >= 4 is 12.1 Å². The van der Waals surface area contributed by atoms with Gasteiger partial charge in [-0.15, -0.1) is 0 Å². The summed E-state index contributed by atoms with van der Waals surface area (Å²) in [4.78, 5) is 23.9. The molecule has 4 aliphatic rings. The highest BCUT2D eigenvalue weighted by molar-refractivity contribution is 5.91. The molecule has 0 amide bonds. The summed E-state index contributed by atoms with van der Waals surface area (Å²) in [6, 6.07) is 3.66. The zero-order chi connectivity index (χ0) is 15.1. The van der Waals surface area contributed by atoms with Crippen LogP contribution in [0.25, 0.3) is 0 Å². The number of piperidine rings is 1. The molecule has 0 aromatic heterocycles. The molecule has 1 saturated heterocycles. The first-order valence-electron chi connectivity index (χ1n) is 7.88. The van der Waals surface area contributed by atoms with Crippen molar-refractivity contribution in [3.8, 4) is 5.75 Å². The van der Waals surface area contributed by atoms with Gasteiger partial charge < -0.3 is 15.2 Å². The van der Waals surface area contributed by atoms with Gasteiger partial charge in [0.2, 0.25) is 0 Å². The predicted molar refractivity (Wildman–Crippen MR) is 77.2 cm³/mol. The predicted octanol–water partition coefficient (Wildman–Crippen LogP) is 0.510. The molecule has 5 nitrogen and oxygen atoms in total. The van der Waals surface area contributed by atoms with Crippen molar-refractivity contribution in [3.05, 3.63) is 28.8 Å². The first kappa shape index (κ1) is 12.8. The molecular weight excluding hydrogens is 282 g/mol. The fourth-order valence-electron chi connectivity index (χ4n) is 5.35. The number of carbonyl (C=O) groups is 2. The van der Waals surface area contributed by atoms with Crippen molar-refractivity contribution in [2.45, 2.75) is 48.8 Å². The minimum atomic E-state index is -0.969. The Morgan fingerprint density at radius 2 is 2.23 bits per heavy atom. The van der Waals surface area contributed by atoms with E-state index in [1.807, 2.05) is 6.07 Å². The Morgan fingerprint density at radius 1 is 1.36 bits per heavy atom. The van der Waals surface area contributed by atoms with Crippen LogP contribution in [0.3, 0.4) is 0 Å². The fraction of sp³-hybridized carbons (Fsp3) is 0.529. The van der Waals surface area contributed by atoms with Gasteiger partial charge in [0, 0.05) is 18.0 Å². The van der Waals surface area contributed by atoms with Crippen molar-refractivity contribution in [2.24, 2.45) is 0 Å². The largest absolute Gasteiger partial charge is 0.481 e. The van der Waals surface area contributed by atoms with Crippen molar-refractivity contribution in [1.82, 2.24) is 5.32 Å². The average molecular weight is 299 g/mol. The zero-order valence-corrected chi connectivity index (χ0v) is 12.1. The van der Waals surface area contributed by atoms with Gasteiger partial charge in [0.1, 0.15) is 5.75 Å². The summed E-state index contributed by atoms with van der Waals surface area (Å²) < 4.78 is 6.01. The van der Waals surface area contributed by atoms with Crippen LogP contribution in [0.1, 0.15) is 40.7 Å². The topological polar surface area (TPSA) is 75.6 Å². The van der Waals surface area contributed by atoms with Crippen LogP contribution < -0.4 is 10.1 Å². The van der Waals surface area contributed by atoms with Crippen LogP contribution in [0.5, 0.6) is 5.75 Å². The number of carbonyl (C=O) groups excluding carboxylic acids is 2. The van der Waals surface area contributed by atoms with Crippen LogP contribution in [0.15, 0.2) is 12.1 Å². The van der Waals surface area contributed by atoms with Crippen LogP contribution in [-0.4, -0.2) is 41.5 Å². The van der Waals surface area contributed by atoms with E-state index < -0.39 is 17.1 Å². The number of hydrogen-bond acceptors (Lipinski definition) is 5. The van der Waals surface area contributed by atoms with E-state index in [-0.39, 0.29) is 11.8 Å². The molecule has 1 saturated carbocycles. The molecule has 2 heterocycles. The van der Waals surface area contributed by atoms with Gasteiger partial charge in [-0.25, -0.2) is 0 Å². The van der Waals surface area contributed by atoms with Gasteiger partial charge in [0.25, 0.3) is 0 Å². The van der Waals surface area contributed by atoms with Crippen LogP contribution in [0.4, 0.5) is 0 Å². The summed E-state index contributed by atoms with van der Waals surface area (Å²) in [5.74, 6) is 0.581. The molecule has 0 radical (unpaired) electrons. The van der Waals surface area contributed by atoms with E-state index in [9.17, 15) is 14.7 Å². The van der Waals surface area contributed by atoms with Gasteiger partial charge in [-0.3, -0.25) is 9.59 Å². The number of benzene rings is 1. The monoisotopic (exact) mass is 299 g/mol. The molecule has 114 valence electrons. The second-order valence-electron chi connectivity index (χ2n) is 6.96. The lowest BCUT2D eigenvalue weighted by atomic mass is 9.49. The van der Waals surface area contributed by atoms with Crippen molar-refractivity contribution in [1.29, 1.82) is 0 Å². The van der Waals surface area contributed by atoms with E-state index in [1.54, 1.807) is 6.07 Å². The summed E-state index contributed by atoms with van der Waals surface area (Å²) >= 11 is 0. The molecule has 2 aliphatic carbocycles. The van der Waals surface area contributed by atoms with E-state index in [4.69, 9.17) is 4.74 Å². The van der Waals surface area contributed by atoms with E-state index >= 15 is 0 Å². The van der Waals surface area contributed by atoms with E-state index in [0.717, 1.165) is 24.0 Å². The van der Waals surface area contributed by atoms with Gasteiger partial charge in [0.15, 0.2) is 18.2 Å². The van der Waals surface area contributed by atoms with Gasteiger partial charge in [0.05, 0.1) is 16.6 Å². The minimum Gasteiger partial charge on any atom is -0.481 e. The second-order valence-corrected chi connectivity index (χ2v) is 6.96. The van der Waals surface area contributed by atoms with Crippen LogP contribution in [0.2, 0.25) is 0 Å². The van der Waals surface area contributed by atoms with Crippen LogP contribution in [-0.2, 0) is 16.6 Å². The molecule has 1 aromatic rings. The second kappa shape index (κ2) is 3.78. The lowest BCUT2D eigenvalue weighted by molar-refractivity contribution is -0.166. The number of Topliss-reactive ketones (excluding diaryl/α,β-unsaturated/α-hetero) is 1. The minimum absolute atomic E-state index is 0.0474. The number of ketones is 1. The normalized spacial score (nSPS) is 40.9. The highest BCUT2D eigenvalue weighted by Crippen LogP contribution is 2.62. The Hall–Kier alpha value is -1.72. The summed E-state index contributed by atoms with van der Waals surface area (Å²) in [6.45, 7) is 0.754. The highest BCUT2D eigenvalue weighted by atomic mass is 16.5. The molecule has 5 rings (SSSR count). The van der Waals surface area contributed by atoms with Gasteiger partial charge in [-0.05, 0) is 37.4 Å².